The number of fused-ring (bicyclic) bond motifs is 1. The molecule has 5 heteroatoms. The van der Waals surface area contributed by atoms with Crippen LogP contribution < -0.4 is 9.64 Å². The highest BCUT2D eigenvalue weighted by molar-refractivity contribution is 5.96. The molecule has 23 heavy (non-hydrogen) atoms. The van der Waals surface area contributed by atoms with Crippen molar-refractivity contribution in [2.75, 3.05) is 11.5 Å². The number of carbonyl (C=O) groups excluding carboxylic acids is 1. The Morgan fingerprint density at radius 3 is 2.83 bits per heavy atom. The summed E-state index contributed by atoms with van der Waals surface area (Å²) >= 11 is 0. The van der Waals surface area contributed by atoms with Crippen LogP contribution in [0, 0.1) is 11.6 Å². The predicted molar refractivity (Wildman–Crippen MR) is 83.6 cm³/mol. The van der Waals surface area contributed by atoms with Crippen molar-refractivity contribution in [1.82, 2.24) is 0 Å². The van der Waals surface area contributed by atoms with E-state index in [4.69, 9.17) is 4.74 Å². The molecule has 1 aliphatic rings. The normalized spacial score (nSPS) is 16.8. The van der Waals surface area contributed by atoms with E-state index in [1.165, 1.54) is 24.3 Å². The van der Waals surface area contributed by atoms with E-state index >= 15 is 0 Å². The van der Waals surface area contributed by atoms with Gasteiger partial charge in [0.25, 0.3) is 5.91 Å². The first-order chi connectivity index (χ1) is 11.1. The fourth-order valence-electron chi connectivity index (χ4n) is 2.87. The second-order valence-corrected chi connectivity index (χ2v) is 5.64. The Labute approximate surface area is 133 Å². The van der Waals surface area contributed by atoms with E-state index in [2.05, 4.69) is 0 Å². The number of halogens is 2. The molecule has 0 bridgehead atoms. The second-order valence-electron chi connectivity index (χ2n) is 5.64. The molecule has 0 radical (unpaired) electrons. The maximum atomic E-state index is 13.6. The third-order valence-electron chi connectivity index (χ3n) is 4.03. The van der Waals surface area contributed by atoms with Crippen LogP contribution in [0.4, 0.5) is 14.5 Å². The van der Waals surface area contributed by atoms with E-state index in [-0.39, 0.29) is 30.1 Å². The van der Waals surface area contributed by atoms with Crippen molar-refractivity contribution in [2.45, 2.75) is 25.8 Å². The minimum Gasteiger partial charge on any atom is -0.481 e. The third kappa shape index (κ3) is 3.18. The SMILES string of the molecule is CC1CCc2cc(F)ccc2N1C(=O)COc1ccccc1F. The molecule has 1 aliphatic heterocycles. The largest absolute Gasteiger partial charge is 0.481 e. The summed E-state index contributed by atoms with van der Waals surface area (Å²) in [6, 6.07) is 10.4. The average Bonchev–Trinajstić information content (AvgIpc) is 2.54. The van der Waals surface area contributed by atoms with Gasteiger partial charge in [-0.3, -0.25) is 4.79 Å². The maximum Gasteiger partial charge on any atom is 0.265 e. The Morgan fingerprint density at radius 1 is 1.26 bits per heavy atom. The van der Waals surface area contributed by atoms with Gasteiger partial charge in [0.05, 0.1) is 0 Å². The Bertz CT molecular complexity index is 733. The van der Waals surface area contributed by atoms with Gasteiger partial charge in [0.1, 0.15) is 5.82 Å². The van der Waals surface area contributed by atoms with Crippen molar-refractivity contribution in [2.24, 2.45) is 0 Å². The van der Waals surface area contributed by atoms with Gasteiger partial charge >= 0.3 is 0 Å². The van der Waals surface area contributed by atoms with Gasteiger partial charge in [-0.25, -0.2) is 8.78 Å². The van der Waals surface area contributed by atoms with Crippen LogP contribution in [0.2, 0.25) is 0 Å². The minimum absolute atomic E-state index is 0.00955. The summed E-state index contributed by atoms with van der Waals surface area (Å²) in [6.45, 7) is 1.68. The fourth-order valence-corrected chi connectivity index (χ4v) is 2.87. The van der Waals surface area contributed by atoms with Crippen LogP contribution in [0.1, 0.15) is 18.9 Å². The number of ether oxygens (including phenoxy) is 1. The maximum absolute atomic E-state index is 13.6. The van der Waals surface area contributed by atoms with Crippen LogP contribution in [-0.2, 0) is 11.2 Å². The van der Waals surface area contributed by atoms with Crippen molar-refractivity contribution in [3.8, 4) is 5.75 Å². The smallest absolute Gasteiger partial charge is 0.265 e. The number of carbonyl (C=O) groups is 1. The lowest BCUT2D eigenvalue weighted by Crippen LogP contribution is -2.44. The zero-order valence-electron chi connectivity index (χ0n) is 12.8. The van der Waals surface area contributed by atoms with E-state index in [0.717, 1.165) is 18.4 Å². The first-order valence-corrected chi connectivity index (χ1v) is 7.54. The summed E-state index contributed by atoms with van der Waals surface area (Å²) in [4.78, 5) is 14.1. The van der Waals surface area contributed by atoms with Crippen LogP contribution >= 0.6 is 0 Å². The monoisotopic (exact) mass is 317 g/mol. The quantitative estimate of drug-likeness (QED) is 0.863. The van der Waals surface area contributed by atoms with Gasteiger partial charge in [-0.2, -0.15) is 0 Å². The van der Waals surface area contributed by atoms with Crippen LogP contribution in [0.3, 0.4) is 0 Å². The summed E-state index contributed by atoms with van der Waals surface area (Å²) in [5.74, 6) is -1.04. The topological polar surface area (TPSA) is 29.5 Å². The molecule has 1 atom stereocenters. The number of anilines is 1. The molecule has 0 aromatic heterocycles. The molecule has 2 aromatic rings. The van der Waals surface area contributed by atoms with E-state index in [1.54, 1.807) is 23.1 Å². The van der Waals surface area contributed by atoms with E-state index < -0.39 is 5.82 Å². The standard InChI is InChI=1S/C18H17F2NO2/c1-12-6-7-13-10-14(19)8-9-16(13)21(12)18(22)11-23-17-5-3-2-4-15(17)20/h2-5,8-10,12H,6-7,11H2,1H3. The van der Waals surface area contributed by atoms with Gasteiger partial charge in [0.2, 0.25) is 0 Å². The van der Waals surface area contributed by atoms with Crippen molar-refractivity contribution in [3.63, 3.8) is 0 Å². The number of hydrogen-bond donors (Lipinski definition) is 0. The van der Waals surface area contributed by atoms with E-state index in [9.17, 15) is 13.6 Å². The molecule has 0 saturated carbocycles. The highest BCUT2D eigenvalue weighted by Crippen LogP contribution is 2.31. The zero-order valence-corrected chi connectivity index (χ0v) is 12.8. The van der Waals surface area contributed by atoms with Crippen molar-refractivity contribution < 1.29 is 18.3 Å². The number of amides is 1. The number of aryl methyl sites for hydroxylation is 1. The molecule has 3 rings (SSSR count). The number of para-hydroxylation sites is 1. The summed E-state index contributed by atoms with van der Waals surface area (Å²) in [7, 11) is 0. The first-order valence-electron chi connectivity index (χ1n) is 7.54. The van der Waals surface area contributed by atoms with Crippen LogP contribution in [0.25, 0.3) is 0 Å². The summed E-state index contributed by atoms with van der Waals surface area (Å²) in [6.07, 6.45) is 1.48. The lowest BCUT2D eigenvalue weighted by molar-refractivity contribution is -0.121. The average molecular weight is 317 g/mol. The van der Waals surface area contributed by atoms with Crippen LogP contribution in [0.5, 0.6) is 5.75 Å². The van der Waals surface area contributed by atoms with Crippen LogP contribution in [-0.4, -0.2) is 18.6 Å². The molecule has 1 heterocycles. The van der Waals surface area contributed by atoms with Gasteiger partial charge in [-0.05, 0) is 55.7 Å². The van der Waals surface area contributed by atoms with E-state index in [0.29, 0.717) is 5.69 Å². The van der Waals surface area contributed by atoms with Gasteiger partial charge in [0.15, 0.2) is 18.2 Å². The van der Waals surface area contributed by atoms with Gasteiger partial charge in [0, 0.05) is 11.7 Å². The lowest BCUT2D eigenvalue weighted by atomic mass is 9.96. The summed E-state index contributed by atoms with van der Waals surface area (Å²) in [5.41, 5.74) is 1.51. The number of hydrogen-bond acceptors (Lipinski definition) is 2. The van der Waals surface area contributed by atoms with Crippen molar-refractivity contribution in [1.29, 1.82) is 0 Å². The second kappa shape index (κ2) is 6.36. The third-order valence-corrected chi connectivity index (χ3v) is 4.03. The minimum atomic E-state index is -0.505. The fraction of sp³-hybridized carbons (Fsp3) is 0.278. The molecule has 0 aliphatic carbocycles. The number of nitrogens with zero attached hydrogens (tertiary/aromatic N) is 1. The van der Waals surface area contributed by atoms with Crippen LogP contribution in [0.15, 0.2) is 42.5 Å². The molecule has 0 N–H and O–H groups in total. The highest BCUT2D eigenvalue weighted by Gasteiger charge is 2.28. The molecular formula is C18H17F2NO2. The Kier molecular flexibility index (Phi) is 4.28. The molecule has 0 saturated heterocycles. The van der Waals surface area contributed by atoms with Crippen molar-refractivity contribution >= 4 is 11.6 Å². The zero-order chi connectivity index (χ0) is 16.4. The molecule has 1 amide bonds. The Morgan fingerprint density at radius 2 is 2.04 bits per heavy atom. The molecular weight excluding hydrogens is 300 g/mol. The molecule has 2 aromatic carbocycles. The number of benzene rings is 2. The Hall–Kier alpha value is -2.43. The number of rotatable bonds is 3. The summed E-state index contributed by atoms with van der Waals surface area (Å²) < 4.78 is 32.2. The lowest BCUT2D eigenvalue weighted by Gasteiger charge is -2.35. The molecule has 120 valence electrons. The first kappa shape index (κ1) is 15.5. The molecule has 0 spiro atoms. The van der Waals surface area contributed by atoms with Crippen molar-refractivity contribution in [3.05, 3.63) is 59.7 Å². The van der Waals surface area contributed by atoms with Gasteiger partial charge in [-0.1, -0.05) is 12.1 Å². The summed E-state index contributed by atoms with van der Waals surface area (Å²) in [5, 5.41) is 0. The Balaban J connectivity index is 1.78. The molecule has 0 fully saturated rings. The van der Waals surface area contributed by atoms with E-state index in [1.807, 2.05) is 6.92 Å². The molecule has 1 unspecified atom stereocenters. The van der Waals surface area contributed by atoms with Gasteiger partial charge < -0.3 is 9.64 Å². The molecule has 3 nitrogen and oxygen atoms in total. The predicted octanol–water partition coefficient (Wildman–Crippen LogP) is 3.71. The highest BCUT2D eigenvalue weighted by atomic mass is 19.1. The van der Waals surface area contributed by atoms with Gasteiger partial charge in [-0.15, -0.1) is 0 Å².